The lowest BCUT2D eigenvalue weighted by Gasteiger charge is -2.19. The number of benzene rings is 1. The molecule has 0 saturated carbocycles. The third-order valence-corrected chi connectivity index (χ3v) is 5.07. The largest absolute Gasteiger partial charge is 0.497 e. The van der Waals surface area contributed by atoms with Gasteiger partial charge in [0.25, 0.3) is 0 Å². The molecule has 3 heteroatoms. The predicted octanol–water partition coefficient (Wildman–Crippen LogP) is 3.00. The first kappa shape index (κ1) is 10.8. The minimum atomic E-state index is -1.25. The van der Waals surface area contributed by atoms with Crippen LogP contribution in [-0.4, -0.2) is 15.2 Å². The average molecular weight is 259 g/mol. The SMILES string of the molecule is COc1ccc(Br)c([Si](C)(C)C)c1. The summed E-state index contributed by atoms with van der Waals surface area (Å²) in [4.78, 5) is 0. The van der Waals surface area contributed by atoms with Gasteiger partial charge < -0.3 is 4.74 Å². The van der Waals surface area contributed by atoms with E-state index in [-0.39, 0.29) is 0 Å². The van der Waals surface area contributed by atoms with Crippen LogP contribution in [0.5, 0.6) is 5.75 Å². The van der Waals surface area contributed by atoms with Crippen molar-refractivity contribution in [2.75, 3.05) is 7.11 Å². The van der Waals surface area contributed by atoms with Crippen molar-refractivity contribution >= 4 is 29.2 Å². The van der Waals surface area contributed by atoms with E-state index < -0.39 is 8.07 Å². The average Bonchev–Trinajstić information content (AvgIpc) is 2.03. The number of halogens is 1. The second kappa shape index (κ2) is 3.84. The Labute approximate surface area is 89.3 Å². The fourth-order valence-electron chi connectivity index (χ4n) is 1.21. The summed E-state index contributed by atoms with van der Waals surface area (Å²) in [5.74, 6) is 0.945. The van der Waals surface area contributed by atoms with Crippen molar-refractivity contribution in [3.05, 3.63) is 22.7 Å². The van der Waals surface area contributed by atoms with Gasteiger partial charge in [0.1, 0.15) is 5.75 Å². The monoisotopic (exact) mass is 258 g/mol. The van der Waals surface area contributed by atoms with Gasteiger partial charge in [0.05, 0.1) is 15.2 Å². The van der Waals surface area contributed by atoms with Crippen LogP contribution in [0.2, 0.25) is 19.6 Å². The maximum atomic E-state index is 5.21. The molecular formula is C10H15BrOSi. The summed E-state index contributed by atoms with van der Waals surface area (Å²) in [5.41, 5.74) is 0. The van der Waals surface area contributed by atoms with Crippen LogP contribution in [0, 0.1) is 0 Å². The molecule has 0 atom stereocenters. The molecule has 0 radical (unpaired) electrons. The molecule has 0 aliphatic heterocycles. The number of ether oxygens (including phenoxy) is 1. The van der Waals surface area contributed by atoms with Gasteiger partial charge in [-0.25, -0.2) is 0 Å². The first-order valence-corrected chi connectivity index (χ1v) is 8.58. The predicted molar refractivity (Wildman–Crippen MR) is 63.7 cm³/mol. The molecular weight excluding hydrogens is 244 g/mol. The normalized spacial score (nSPS) is 11.5. The third kappa shape index (κ3) is 2.58. The van der Waals surface area contributed by atoms with Crippen LogP contribution in [0.15, 0.2) is 22.7 Å². The van der Waals surface area contributed by atoms with Crippen molar-refractivity contribution in [1.29, 1.82) is 0 Å². The molecule has 0 aliphatic carbocycles. The van der Waals surface area contributed by atoms with Crippen molar-refractivity contribution in [2.45, 2.75) is 19.6 Å². The molecule has 72 valence electrons. The van der Waals surface area contributed by atoms with Crippen molar-refractivity contribution in [2.24, 2.45) is 0 Å². The molecule has 0 bridgehead atoms. The van der Waals surface area contributed by atoms with E-state index in [0.717, 1.165) is 5.75 Å². The molecule has 0 spiro atoms. The van der Waals surface area contributed by atoms with E-state index in [1.54, 1.807) is 7.11 Å². The molecule has 0 saturated heterocycles. The van der Waals surface area contributed by atoms with Crippen LogP contribution < -0.4 is 9.92 Å². The van der Waals surface area contributed by atoms with E-state index in [1.807, 2.05) is 6.07 Å². The number of methoxy groups -OCH3 is 1. The molecule has 0 amide bonds. The van der Waals surface area contributed by atoms with Crippen LogP contribution in [0.4, 0.5) is 0 Å². The van der Waals surface area contributed by atoms with E-state index in [2.05, 4.69) is 47.7 Å². The smallest absolute Gasteiger partial charge is 0.118 e. The Morgan fingerprint density at radius 3 is 2.31 bits per heavy atom. The Morgan fingerprint density at radius 1 is 1.23 bits per heavy atom. The molecule has 0 unspecified atom stereocenters. The number of rotatable bonds is 2. The molecule has 1 aromatic carbocycles. The summed E-state index contributed by atoms with van der Waals surface area (Å²) in [7, 11) is 0.453. The lowest BCUT2D eigenvalue weighted by atomic mass is 10.3. The van der Waals surface area contributed by atoms with Gasteiger partial charge in [0.2, 0.25) is 0 Å². The van der Waals surface area contributed by atoms with Crippen LogP contribution in [-0.2, 0) is 0 Å². The zero-order chi connectivity index (χ0) is 10.1. The fourth-order valence-corrected chi connectivity index (χ4v) is 4.61. The maximum Gasteiger partial charge on any atom is 0.118 e. The van der Waals surface area contributed by atoms with E-state index in [0.29, 0.717) is 0 Å². The van der Waals surface area contributed by atoms with Crippen molar-refractivity contribution in [3.8, 4) is 5.75 Å². The molecule has 0 aromatic heterocycles. The van der Waals surface area contributed by atoms with E-state index >= 15 is 0 Å². The summed E-state index contributed by atoms with van der Waals surface area (Å²) < 4.78 is 6.41. The van der Waals surface area contributed by atoms with E-state index in [1.165, 1.54) is 9.66 Å². The zero-order valence-electron chi connectivity index (χ0n) is 8.52. The van der Waals surface area contributed by atoms with Gasteiger partial charge in [-0.15, -0.1) is 0 Å². The maximum absolute atomic E-state index is 5.21. The van der Waals surface area contributed by atoms with Gasteiger partial charge >= 0.3 is 0 Å². The highest BCUT2D eigenvalue weighted by Crippen LogP contribution is 2.18. The molecule has 13 heavy (non-hydrogen) atoms. The summed E-state index contributed by atoms with van der Waals surface area (Å²) in [6.45, 7) is 6.98. The Hall–Kier alpha value is -0.283. The summed E-state index contributed by atoms with van der Waals surface area (Å²) >= 11 is 3.57. The topological polar surface area (TPSA) is 9.23 Å². The summed E-state index contributed by atoms with van der Waals surface area (Å²) in [6.07, 6.45) is 0. The number of hydrogen-bond donors (Lipinski definition) is 0. The molecule has 0 N–H and O–H groups in total. The number of hydrogen-bond acceptors (Lipinski definition) is 1. The molecule has 1 nitrogen and oxygen atoms in total. The van der Waals surface area contributed by atoms with Crippen LogP contribution in [0.3, 0.4) is 0 Å². The van der Waals surface area contributed by atoms with Gasteiger partial charge in [-0.05, 0) is 23.4 Å². The Morgan fingerprint density at radius 2 is 1.85 bits per heavy atom. The highest BCUT2D eigenvalue weighted by molar-refractivity contribution is 9.10. The quantitative estimate of drug-likeness (QED) is 0.742. The lowest BCUT2D eigenvalue weighted by molar-refractivity contribution is 0.415. The van der Waals surface area contributed by atoms with Crippen molar-refractivity contribution in [3.63, 3.8) is 0 Å². The highest BCUT2D eigenvalue weighted by atomic mass is 79.9. The van der Waals surface area contributed by atoms with Gasteiger partial charge in [-0.2, -0.15) is 0 Å². The van der Waals surface area contributed by atoms with Crippen molar-refractivity contribution in [1.82, 2.24) is 0 Å². The summed E-state index contributed by atoms with van der Waals surface area (Å²) in [6, 6.07) is 6.18. The highest BCUT2D eigenvalue weighted by Gasteiger charge is 2.19. The van der Waals surface area contributed by atoms with Crippen LogP contribution >= 0.6 is 15.9 Å². The van der Waals surface area contributed by atoms with Crippen LogP contribution in [0.25, 0.3) is 0 Å². The summed E-state index contributed by atoms with van der Waals surface area (Å²) in [5, 5.41) is 1.41. The second-order valence-electron chi connectivity index (χ2n) is 4.10. The Kier molecular flexibility index (Phi) is 3.19. The van der Waals surface area contributed by atoms with E-state index in [4.69, 9.17) is 4.74 Å². The van der Waals surface area contributed by atoms with Gasteiger partial charge in [-0.1, -0.05) is 35.6 Å². The first-order chi connectivity index (χ1) is 5.95. The van der Waals surface area contributed by atoms with Gasteiger partial charge in [0.15, 0.2) is 0 Å². The standard InChI is InChI=1S/C10H15BrOSi/c1-12-8-5-6-9(11)10(7-8)13(2,3)4/h5-7H,1-4H3. The minimum Gasteiger partial charge on any atom is -0.497 e. The third-order valence-electron chi connectivity index (χ3n) is 1.98. The zero-order valence-corrected chi connectivity index (χ0v) is 11.1. The molecule has 1 aromatic rings. The Balaban J connectivity index is 3.19. The second-order valence-corrected chi connectivity index (χ2v) is 9.99. The minimum absolute atomic E-state index is 0.945. The molecule has 0 heterocycles. The molecule has 1 rings (SSSR count). The molecule has 0 aliphatic rings. The fraction of sp³-hybridized carbons (Fsp3) is 0.400. The lowest BCUT2D eigenvalue weighted by Crippen LogP contribution is -2.38. The van der Waals surface area contributed by atoms with Crippen LogP contribution in [0.1, 0.15) is 0 Å². The first-order valence-electron chi connectivity index (χ1n) is 4.29. The van der Waals surface area contributed by atoms with E-state index in [9.17, 15) is 0 Å². The Bertz CT molecular complexity index is 304. The van der Waals surface area contributed by atoms with Crippen molar-refractivity contribution < 1.29 is 4.74 Å². The molecule has 0 fully saturated rings. The van der Waals surface area contributed by atoms with Gasteiger partial charge in [-0.3, -0.25) is 0 Å². The van der Waals surface area contributed by atoms with Gasteiger partial charge in [0, 0.05) is 4.47 Å².